The van der Waals surface area contributed by atoms with Gasteiger partial charge in [-0.05, 0) is 123 Å². The van der Waals surface area contributed by atoms with Crippen LogP contribution in [0.3, 0.4) is 0 Å². The van der Waals surface area contributed by atoms with E-state index in [4.69, 9.17) is 9.97 Å². The second-order valence-corrected chi connectivity index (χ2v) is 26.5. The zero-order valence-corrected chi connectivity index (χ0v) is 42.6. The highest BCUT2D eigenvalue weighted by atomic mass is 32.1. The standard InChI is InChI=1S/C57H65BN4S2/c1-32-59-50-43-51(60-32)62(36-22-18-34(19-23-36)53(5,6)7)45-38-25-27-40-42(57(14,15)31-29-55(40,10)11)47(38)64-49(45)58(43)48-44(61(50)35-20-16-33(17-21-35)52(2,3)4)37-24-26-39-41(46(37)63-48)56(12,13)30-28-54(39,8)9/h16-27H,28-31H2,1-15H3. The molecular formula is C57H65BN4S2. The molecule has 4 nitrogen and oxygen atoms in total. The van der Waals surface area contributed by atoms with Crippen LogP contribution < -0.4 is 24.8 Å². The van der Waals surface area contributed by atoms with Crippen LogP contribution in [-0.4, -0.2) is 16.7 Å². The Morgan fingerprint density at radius 2 is 0.859 bits per heavy atom. The van der Waals surface area contributed by atoms with Gasteiger partial charge in [-0.15, -0.1) is 22.7 Å². The predicted octanol–water partition coefficient (Wildman–Crippen LogP) is 14.6. The first-order valence-corrected chi connectivity index (χ1v) is 25.4. The summed E-state index contributed by atoms with van der Waals surface area (Å²) in [5.41, 5.74) is 15.2. The highest BCUT2D eigenvalue weighted by Crippen LogP contribution is 2.56. The number of benzene rings is 4. The van der Waals surface area contributed by atoms with E-state index in [1.165, 1.54) is 94.5 Å². The Bertz CT molecular complexity index is 2890. The van der Waals surface area contributed by atoms with E-state index in [9.17, 15) is 0 Å². The molecule has 0 fully saturated rings. The second kappa shape index (κ2) is 13.3. The van der Waals surface area contributed by atoms with Crippen LogP contribution in [0.2, 0.25) is 0 Å². The Kier molecular flexibility index (Phi) is 8.80. The van der Waals surface area contributed by atoms with E-state index in [2.05, 4.69) is 209 Å². The second-order valence-electron chi connectivity index (χ2n) is 24.4. The van der Waals surface area contributed by atoms with Crippen molar-refractivity contribution < 1.29 is 0 Å². The monoisotopic (exact) mass is 880 g/mol. The van der Waals surface area contributed by atoms with Crippen molar-refractivity contribution in [2.75, 3.05) is 9.80 Å². The van der Waals surface area contributed by atoms with E-state index < -0.39 is 0 Å². The fourth-order valence-electron chi connectivity index (χ4n) is 11.9. The molecule has 0 saturated carbocycles. The van der Waals surface area contributed by atoms with Crippen LogP contribution in [0.4, 0.5) is 34.4 Å². The molecule has 0 atom stereocenters. The Balaban J connectivity index is 1.29. The summed E-state index contributed by atoms with van der Waals surface area (Å²) in [6.07, 6.45) is 4.73. The smallest absolute Gasteiger partial charge is 0.281 e. The molecule has 0 unspecified atom stereocenters. The summed E-state index contributed by atoms with van der Waals surface area (Å²) in [6, 6.07) is 28.6. The zero-order valence-electron chi connectivity index (χ0n) is 40.9. The number of aromatic nitrogens is 2. The number of thiophene rings is 2. The van der Waals surface area contributed by atoms with Gasteiger partial charge in [0.05, 0.1) is 11.4 Å². The Labute approximate surface area is 390 Å². The molecule has 7 aromatic rings. The summed E-state index contributed by atoms with van der Waals surface area (Å²) < 4.78 is 5.71. The van der Waals surface area contributed by atoms with Gasteiger partial charge < -0.3 is 0 Å². The van der Waals surface area contributed by atoms with Crippen molar-refractivity contribution >= 4 is 99.0 Å². The molecule has 4 aromatic carbocycles. The van der Waals surface area contributed by atoms with Crippen molar-refractivity contribution in [3.05, 3.63) is 112 Å². The van der Waals surface area contributed by atoms with Gasteiger partial charge in [0.25, 0.3) is 6.71 Å². The molecule has 4 aliphatic rings. The molecule has 328 valence electrons. The van der Waals surface area contributed by atoms with Crippen molar-refractivity contribution in [1.82, 2.24) is 9.97 Å². The molecule has 3 aromatic heterocycles. The Morgan fingerprint density at radius 1 is 0.500 bits per heavy atom. The van der Waals surface area contributed by atoms with Gasteiger partial charge in [0.2, 0.25) is 0 Å². The molecule has 0 saturated heterocycles. The van der Waals surface area contributed by atoms with Crippen LogP contribution in [0.5, 0.6) is 0 Å². The number of aryl methyl sites for hydroxylation is 1. The maximum absolute atomic E-state index is 5.57. The van der Waals surface area contributed by atoms with Crippen molar-refractivity contribution in [2.45, 2.75) is 162 Å². The Morgan fingerprint density at radius 3 is 1.22 bits per heavy atom. The van der Waals surface area contributed by atoms with Crippen molar-refractivity contribution in [1.29, 1.82) is 0 Å². The molecule has 0 radical (unpaired) electrons. The van der Waals surface area contributed by atoms with Crippen LogP contribution in [0.15, 0.2) is 72.8 Å². The number of nitrogens with zero attached hydrogens (tertiary/aromatic N) is 4. The van der Waals surface area contributed by atoms with Crippen LogP contribution in [0.1, 0.15) is 162 Å². The van der Waals surface area contributed by atoms with Gasteiger partial charge in [-0.3, -0.25) is 9.80 Å². The number of anilines is 6. The molecule has 2 aliphatic heterocycles. The Hall–Kier alpha value is -4.46. The zero-order chi connectivity index (χ0) is 45.4. The van der Waals surface area contributed by atoms with Gasteiger partial charge in [0.1, 0.15) is 17.5 Å². The normalized spacial score (nSPS) is 19.0. The summed E-state index contributed by atoms with van der Waals surface area (Å²) in [5.74, 6) is 2.79. The van der Waals surface area contributed by atoms with E-state index in [0.29, 0.717) is 0 Å². The van der Waals surface area contributed by atoms with Gasteiger partial charge >= 0.3 is 0 Å². The molecule has 64 heavy (non-hydrogen) atoms. The lowest BCUT2D eigenvalue weighted by atomic mass is 9.40. The van der Waals surface area contributed by atoms with E-state index in [0.717, 1.165) is 28.8 Å². The van der Waals surface area contributed by atoms with Crippen LogP contribution in [-0.2, 0) is 32.5 Å². The summed E-state index contributed by atoms with van der Waals surface area (Å²) in [4.78, 5) is 16.2. The summed E-state index contributed by atoms with van der Waals surface area (Å²) >= 11 is 4.12. The molecule has 0 N–H and O–H groups in total. The quantitative estimate of drug-likeness (QED) is 0.162. The molecule has 5 heterocycles. The number of hydrogen-bond acceptors (Lipinski definition) is 6. The van der Waals surface area contributed by atoms with Gasteiger partial charge in [-0.25, -0.2) is 9.97 Å². The highest BCUT2D eigenvalue weighted by Gasteiger charge is 2.51. The van der Waals surface area contributed by atoms with E-state index in [1.54, 1.807) is 11.1 Å². The van der Waals surface area contributed by atoms with Crippen molar-refractivity contribution in [3.63, 3.8) is 0 Å². The van der Waals surface area contributed by atoms with Crippen molar-refractivity contribution in [3.8, 4) is 0 Å². The SMILES string of the molecule is Cc1nc2c3c(n1)N(c1ccc(C(C)(C)C)cc1)c1c(sc4c5c(ccc14)C(C)(C)CCC5(C)C)B3c1sc3c4c(ccc3c1N2c1ccc(C(C)(C)C)cc1)C(C)(C)CCC4(C)C. The average molecular weight is 881 g/mol. The fourth-order valence-corrected chi connectivity index (χ4v) is 15.2. The summed E-state index contributed by atoms with van der Waals surface area (Å²) in [6.45, 7) is 35.7. The van der Waals surface area contributed by atoms with Crippen molar-refractivity contribution in [2.24, 2.45) is 0 Å². The van der Waals surface area contributed by atoms with Gasteiger partial charge in [0, 0.05) is 46.6 Å². The molecular weight excluding hydrogens is 816 g/mol. The molecule has 2 aliphatic carbocycles. The minimum atomic E-state index is -0.0219. The van der Waals surface area contributed by atoms with Gasteiger partial charge in [-0.2, -0.15) is 0 Å². The minimum Gasteiger partial charge on any atom is -0.294 e. The lowest BCUT2D eigenvalue weighted by Gasteiger charge is -2.42. The van der Waals surface area contributed by atoms with E-state index in [-0.39, 0.29) is 39.2 Å². The molecule has 0 amide bonds. The molecule has 0 spiro atoms. The molecule has 11 rings (SSSR count). The number of fused-ring (bicyclic) bond motifs is 12. The molecule has 7 heteroatoms. The highest BCUT2D eigenvalue weighted by molar-refractivity contribution is 7.41. The van der Waals surface area contributed by atoms with Gasteiger partial charge in [-0.1, -0.05) is 145 Å². The van der Waals surface area contributed by atoms with Crippen LogP contribution in [0.25, 0.3) is 20.2 Å². The first-order valence-electron chi connectivity index (χ1n) is 23.8. The third kappa shape index (κ3) is 5.97. The fraction of sp³-hybridized carbons (Fsp3) is 0.439. The number of hydrogen-bond donors (Lipinski definition) is 0. The molecule has 0 bridgehead atoms. The van der Waals surface area contributed by atoms with Gasteiger partial charge in [0.15, 0.2) is 0 Å². The third-order valence-electron chi connectivity index (χ3n) is 16.0. The summed E-state index contributed by atoms with van der Waals surface area (Å²) in [5, 5.41) is 2.69. The first-order chi connectivity index (χ1) is 29.9. The average Bonchev–Trinajstić information content (AvgIpc) is 3.79. The number of rotatable bonds is 2. The minimum absolute atomic E-state index is 0.0219. The summed E-state index contributed by atoms with van der Waals surface area (Å²) in [7, 11) is 0. The maximum atomic E-state index is 5.57. The predicted molar refractivity (Wildman–Crippen MR) is 280 cm³/mol. The van der Waals surface area contributed by atoms with E-state index >= 15 is 0 Å². The first kappa shape index (κ1) is 42.2. The topological polar surface area (TPSA) is 32.3 Å². The third-order valence-corrected chi connectivity index (χ3v) is 18.5. The van der Waals surface area contributed by atoms with E-state index in [1.807, 2.05) is 0 Å². The largest absolute Gasteiger partial charge is 0.294 e. The lowest BCUT2D eigenvalue weighted by Crippen LogP contribution is -2.60. The lowest BCUT2D eigenvalue weighted by molar-refractivity contribution is 0.335. The van der Waals surface area contributed by atoms with Crippen LogP contribution >= 0.6 is 22.7 Å². The maximum Gasteiger partial charge on any atom is 0.281 e. The van der Waals surface area contributed by atoms with Crippen LogP contribution in [0, 0.1) is 6.92 Å².